The van der Waals surface area contributed by atoms with Gasteiger partial charge in [-0.2, -0.15) is 0 Å². The summed E-state index contributed by atoms with van der Waals surface area (Å²) in [7, 11) is 0. The van der Waals surface area contributed by atoms with E-state index in [0.717, 1.165) is 0 Å². The third kappa shape index (κ3) is 4.14. The van der Waals surface area contributed by atoms with E-state index in [1.807, 2.05) is 6.07 Å². The van der Waals surface area contributed by atoms with Gasteiger partial charge in [-0.15, -0.1) is 0 Å². The van der Waals surface area contributed by atoms with Crippen LogP contribution in [0.5, 0.6) is 5.75 Å². The molecule has 22 heavy (non-hydrogen) atoms. The largest absolute Gasteiger partial charge is 0.760 e. The van der Waals surface area contributed by atoms with Gasteiger partial charge in [0.05, 0.1) is 0 Å². The average molecular weight is 319 g/mol. The fraction of sp³-hybridized carbons (Fsp3) is 0.133. The molecule has 0 aliphatic rings. The molecule has 0 radical (unpaired) electrons. The van der Waals surface area contributed by atoms with E-state index in [-0.39, 0.29) is 6.42 Å². The van der Waals surface area contributed by atoms with E-state index in [1.165, 1.54) is 0 Å². The number of benzene rings is 2. The predicted molar refractivity (Wildman–Crippen MR) is 81.2 cm³/mol. The number of carbonyl (C=O) groups is 1. The summed E-state index contributed by atoms with van der Waals surface area (Å²) in [6.07, 6.45) is -0.0357. The van der Waals surface area contributed by atoms with E-state index in [2.05, 4.69) is 4.72 Å². The maximum absolute atomic E-state index is 11.9. The highest BCUT2D eigenvalue weighted by molar-refractivity contribution is 7.77. The number of para-hydroxylation sites is 1. The van der Waals surface area contributed by atoms with E-state index >= 15 is 0 Å². The first-order valence-electron chi connectivity index (χ1n) is 6.47. The number of nitrogens with one attached hydrogen (secondary N) is 1. The van der Waals surface area contributed by atoms with Gasteiger partial charge >= 0.3 is 0 Å². The number of ether oxygens (including phenoxy) is 1. The van der Waals surface area contributed by atoms with Crippen molar-refractivity contribution in [1.29, 1.82) is 0 Å². The van der Waals surface area contributed by atoms with Gasteiger partial charge in [0.15, 0.2) is 0 Å². The molecule has 1 amide bonds. The first-order chi connectivity index (χ1) is 10.5. The third-order valence-electron chi connectivity index (χ3n) is 2.98. The Bertz CT molecular complexity index is 608. The molecular weight excluding hydrogens is 304 g/mol. The highest BCUT2D eigenvalue weighted by Crippen LogP contribution is 2.21. The predicted octanol–water partition coefficient (Wildman–Crippen LogP) is 0.873. The first-order valence-corrected chi connectivity index (χ1v) is 7.54. The molecule has 0 aliphatic carbocycles. The second-order valence-corrected chi connectivity index (χ2v) is 5.28. The topological polar surface area (TPSA) is 104 Å². The van der Waals surface area contributed by atoms with Crippen LogP contribution in [0.1, 0.15) is 5.56 Å². The lowest BCUT2D eigenvalue weighted by Gasteiger charge is -2.33. The van der Waals surface area contributed by atoms with Gasteiger partial charge in [-0.1, -0.05) is 48.5 Å². The molecule has 3 N–H and O–H groups in total. The van der Waals surface area contributed by atoms with Crippen molar-refractivity contribution in [3.05, 3.63) is 66.2 Å². The fourth-order valence-corrected chi connectivity index (χ4v) is 2.47. The van der Waals surface area contributed by atoms with Gasteiger partial charge in [0, 0.05) is 17.7 Å². The second-order valence-electron chi connectivity index (χ2n) is 4.61. The van der Waals surface area contributed by atoms with Crippen molar-refractivity contribution >= 4 is 17.2 Å². The van der Waals surface area contributed by atoms with Crippen LogP contribution in [0.25, 0.3) is 0 Å². The van der Waals surface area contributed by atoms with Crippen LogP contribution in [0.3, 0.4) is 0 Å². The van der Waals surface area contributed by atoms with Gasteiger partial charge < -0.3 is 15.0 Å². The van der Waals surface area contributed by atoms with E-state index in [4.69, 9.17) is 10.5 Å². The smallest absolute Gasteiger partial charge is 0.278 e. The Balaban J connectivity index is 2.37. The molecule has 6 nitrogen and oxygen atoms in total. The normalized spacial score (nSPS) is 14.8. The van der Waals surface area contributed by atoms with Crippen LogP contribution in [0.2, 0.25) is 0 Å². The summed E-state index contributed by atoms with van der Waals surface area (Å²) in [6.45, 7) is 0. The van der Waals surface area contributed by atoms with E-state index in [9.17, 15) is 13.6 Å². The molecular formula is C15H15N2O4S-. The van der Waals surface area contributed by atoms with Crippen LogP contribution < -0.4 is 15.2 Å². The summed E-state index contributed by atoms with van der Waals surface area (Å²) < 4.78 is 29.9. The molecule has 0 aromatic heterocycles. The van der Waals surface area contributed by atoms with Gasteiger partial charge in [0.1, 0.15) is 5.75 Å². The Morgan fingerprint density at radius 1 is 1.14 bits per heavy atom. The SMILES string of the molecule is NC(=O)C(Cc1ccccc1)(NS(=O)[O-])Oc1ccccc1. The average Bonchev–Trinajstić information content (AvgIpc) is 2.48. The van der Waals surface area contributed by atoms with E-state index in [0.29, 0.717) is 11.3 Å². The van der Waals surface area contributed by atoms with Crippen molar-refractivity contribution in [3.8, 4) is 5.75 Å². The van der Waals surface area contributed by atoms with Gasteiger partial charge in [-0.05, 0) is 17.7 Å². The van der Waals surface area contributed by atoms with Crippen LogP contribution in [0, 0.1) is 0 Å². The van der Waals surface area contributed by atoms with Gasteiger partial charge in [-0.25, -0.2) is 4.72 Å². The van der Waals surface area contributed by atoms with Crippen molar-refractivity contribution in [3.63, 3.8) is 0 Å². The molecule has 2 aromatic rings. The van der Waals surface area contributed by atoms with Crippen molar-refractivity contribution in [2.75, 3.05) is 0 Å². The monoisotopic (exact) mass is 319 g/mol. The zero-order valence-corrected chi connectivity index (χ0v) is 12.4. The number of rotatable bonds is 7. The standard InChI is InChI=1S/C15H16N2O4S/c16-14(18)15(17-22(19)20,11-12-7-3-1-4-8-12)21-13-9-5-2-6-10-13/h1-10,17H,11H2,(H2,16,18)(H,19,20)/p-1. The molecule has 2 aromatic carbocycles. The Morgan fingerprint density at radius 2 is 1.68 bits per heavy atom. The lowest BCUT2D eigenvalue weighted by Crippen LogP contribution is -2.61. The summed E-state index contributed by atoms with van der Waals surface area (Å²) in [5.74, 6) is -0.598. The molecule has 0 saturated heterocycles. The molecule has 0 spiro atoms. The van der Waals surface area contributed by atoms with Crippen LogP contribution in [0.4, 0.5) is 0 Å². The lowest BCUT2D eigenvalue weighted by molar-refractivity contribution is -0.134. The Morgan fingerprint density at radius 3 is 2.18 bits per heavy atom. The van der Waals surface area contributed by atoms with Gasteiger partial charge in [0.2, 0.25) is 0 Å². The molecule has 116 valence electrons. The van der Waals surface area contributed by atoms with Crippen LogP contribution in [0.15, 0.2) is 60.7 Å². The molecule has 0 bridgehead atoms. The number of primary amides is 1. The molecule has 7 heteroatoms. The Hall–Kier alpha value is -2.22. The fourth-order valence-electron chi connectivity index (χ4n) is 1.99. The molecule has 2 unspecified atom stereocenters. The summed E-state index contributed by atoms with van der Waals surface area (Å²) >= 11 is -2.73. The van der Waals surface area contributed by atoms with Crippen molar-refractivity contribution in [1.82, 2.24) is 4.72 Å². The summed E-state index contributed by atoms with van der Waals surface area (Å²) in [6, 6.07) is 17.3. The molecule has 0 fully saturated rings. The first kappa shape index (κ1) is 16.2. The van der Waals surface area contributed by atoms with Crippen molar-refractivity contribution in [2.45, 2.75) is 12.1 Å². The quantitative estimate of drug-likeness (QED) is 0.583. The van der Waals surface area contributed by atoms with Crippen LogP contribution in [-0.4, -0.2) is 20.4 Å². The number of hydrogen-bond acceptors (Lipinski definition) is 4. The minimum atomic E-state index is -2.73. The summed E-state index contributed by atoms with van der Waals surface area (Å²) in [5.41, 5.74) is 4.23. The molecule has 2 rings (SSSR count). The highest BCUT2D eigenvalue weighted by atomic mass is 32.2. The van der Waals surface area contributed by atoms with E-state index < -0.39 is 22.9 Å². The second kappa shape index (κ2) is 7.17. The third-order valence-corrected chi connectivity index (χ3v) is 3.47. The molecule has 0 heterocycles. The number of amides is 1. The molecule has 0 saturated carbocycles. The van der Waals surface area contributed by atoms with Crippen molar-refractivity contribution in [2.24, 2.45) is 5.73 Å². The zero-order valence-electron chi connectivity index (χ0n) is 11.6. The molecule has 0 aliphatic heterocycles. The number of hydrogen-bond donors (Lipinski definition) is 2. The Labute approximate surface area is 130 Å². The van der Waals surface area contributed by atoms with Crippen molar-refractivity contribution < 1.29 is 18.3 Å². The van der Waals surface area contributed by atoms with Gasteiger partial charge in [-0.3, -0.25) is 9.00 Å². The van der Waals surface area contributed by atoms with Crippen LogP contribution >= 0.6 is 0 Å². The zero-order chi connectivity index (χ0) is 16.0. The highest BCUT2D eigenvalue weighted by Gasteiger charge is 2.40. The maximum Gasteiger partial charge on any atom is 0.278 e. The number of carbonyl (C=O) groups excluding carboxylic acids is 1. The van der Waals surface area contributed by atoms with Crippen LogP contribution in [-0.2, 0) is 22.5 Å². The minimum Gasteiger partial charge on any atom is -0.760 e. The number of nitrogens with two attached hydrogens (primary N) is 1. The minimum absolute atomic E-state index is 0.0357. The maximum atomic E-state index is 11.9. The summed E-state index contributed by atoms with van der Waals surface area (Å²) in [5, 5.41) is 0. The van der Waals surface area contributed by atoms with E-state index in [1.54, 1.807) is 54.6 Å². The molecule has 2 atom stereocenters. The van der Waals surface area contributed by atoms with Gasteiger partial charge in [0.25, 0.3) is 11.6 Å². The Kier molecular flexibility index (Phi) is 5.26. The summed E-state index contributed by atoms with van der Waals surface area (Å²) in [4.78, 5) is 11.9. The lowest BCUT2D eigenvalue weighted by atomic mass is 10.0.